The molecule has 0 aromatic carbocycles. The molecule has 2 N–H and O–H groups in total. The van der Waals surface area contributed by atoms with Crippen LogP contribution in [0.5, 0.6) is 0 Å². The minimum Gasteiger partial charge on any atom is -0.340 e. The highest BCUT2D eigenvalue weighted by molar-refractivity contribution is 7.88. The van der Waals surface area contributed by atoms with E-state index in [9.17, 15) is 22.0 Å². The van der Waals surface area contributed by atoms with E-state index in [-0.39, 0.29) is 18.5 Å². The first kappa shape index (κ1) is 14.6. The van der Waals surface area contributed by atoms with Crippen LogP contribution in [0.25, 0.3) is 0 Å². The van der Waals surface area contributed by atoms with Crippen LogP contribution in [0.4, 0.5) is 8.78 Å². The van der Waals surface area contributed by atoms with Gasteiger partial charge in [0.25, 0.3) is 5.92 Å². The maximum atomic E-state index is 13.0. The van der Waals surface area contributed by atoms with Crippen molar-refractivity contribution in [1.29, 1.82) is 0 Å². The van der Waals surface area contributed by atoms with E-state index < -0.39 is 35.0 Å². The quantitative estimate of drug-likeness (QED) is 0.710. The number of likely N-dealkylation sites (tertiary alicyclic amines) is 1. The van der Waals surface area contributed by atoms with Gasteiger partial charge in [-0.25, -0.2) is 21.9 Å². The number of sulfonamides is 1. The van der Waals surface area contributed by atoms with Crippen LogP contribution in [-0.4, -0.2) is 63.1 Å². The second-order valence-corrected chi connectivity index (χ2v) is 6.93. The Morgan fingerprint density at radius 2 is 2.16 bits per heavy atom. The minimum absolute atomic E-state index is 0.232. The molecular weight excluding hydrogens is 280 g/mol. The number of carbonyl (C=O) groups is 1. The van der Waals surface area contributed by atoms with Gasteiger partial charge < -0.3 is 4.90 Å². The number of hydrogen-bond acceptors (Lipinski definition) is 4. The Morgan fingerprint density at radius 1 is 1.47 bits per heavy atom. The number of hydrogen-bond donors (Lipinski definition) is 2. The van der Waals surface area contributed by atoms with Crippen LogP contribution >= 0.6 is 0 Å². The Bertz CT molecular complexity index is 469. The molecule has 0 aromatic heterocycles. The van der Waals surface area contributed by atoms with Crippen molar-refractivity contribution in [3.63, 3.8) is 0 Å². The van der Waals surface area contributed by atoms with Crippen molar-refractivity contribution < 1.29 is 22.0 Å². The molecule has 2 aliphatic rings. The molecule has 2 rings (SSSR count). The van der Waals surface area contributed by atoms with Crippen LogP contribution in [0.1, 0.15) is 12.8 Å². The van der Waals surface area contributed by atoms with E-state index in [0.29, 0.717) is 13.0 Å². The Labute approximate surface area is 110 Å². The predicted molar refractivity (Wildman–Crippen MR) is 64.3 cm³/mol. The molecular formula is C10H17F2N3O3S. The second kappa shape index (κ2) is 4.95. The topological polar surface area (TPSA) is 78.5 Å². The smallest absolute Gasteiger partial charge is 0.262 e. The van der Waals surface area contributed by atoms with Crippen LogP contribution in [0.3, 0.4) is 0 Å². The molecule has 1 amide bonds. The molecule has 0 bridgehead atoms. The molecule has 2 unspecified atom stereocenters. The maximum Gasteiger partial charge on any atom is 0.262 e. The fraction of sp³-hybridized carbons (Fsp3) is 0.900. The van der Waals surface area contributed by atoms with Crippen molar-refractivity contribution in [1.82, 2.24) is 14.9 Å². The van der Waals surface area contributed by atoms with Gasteiger partial charge in [0, 0.05) is 25.6 Å². The zero-order chi connectivity index (χ0) is 14.3. The molecule has 2 heterocycles. The molecule has 2 saturated heterocycles. The molecule has 2 aliphatic heterocycles. The van der Waals surface area contributed by atoms with Crippen molar-refractivity contribution in [2.75, 3.05) is 25.9 Å². The normalized spacial score (nSPS) is 30.8. The van der Waals surface area contributed by atoms with Gasteiger partial charge in [-0.05, 0) is 6.42 Å². The largest absolute Gasteiger partial charge is 0.340 e. The minimum atomic E-state index is -3.32. The van der Waals surface area contributed by atoms with Crippen molar-refractivity contribution in [2.24, 2.45) is 0 Å². The summed E-state index contributed by atoms with van der Waals surface area (Å²) in [5, 5.41) is 2.51. The van der Waals surface area contributed by atoms with Crippen LogP contribution < -0.4 is 10.0 Å². The highest BCUT2D eigenvalue weighted by Crippen LogP contribution is 2.26. The summed E-state index contributed by atoms with van der Waals surface area (Å²) in [6.45, 7) is 0.133. The van der Waals surface area contributed by atoms with E-state index in [1.54, 1.807) is 0 Å². The number of carbonyl (C=O) groups excluding carboxylic acids is 1. The number of rotatable bonds is 3. The first-order chi connectivity index (χ1) is 8.66. The zero-order valence-corrected chi connectivity index (χ0v) is 11.3. The summed E-state index contributed by atoms with van der Waals surface area (Å²) in [5.74, 6) is -3.22. The Balaban J connectivity index is 1.89. The molecule has 110 valence electrons. The molecule has 6 nitrogen and oxygen atoms in total. The van der Waals surface area contributed by atoms with E-state index in [1.807, 2.05) is 0 Å². The van der Waals surface area contributed by atoms with Crippen LogP contribution in [0.2, 0.25) is 0 Å². The van der Waals surface area contributed by atoms with Gasteiger partial charge in [-0.15, -0.1) is 0 Å². The van der Waals surface area contributed by atoms with Crippen molar-refractivity contribution in [3.05, 3.63) is 0 Å². The molecule has 0 aromatic rings. The molecule has 9 heteroatoms. The molecule has 0 radical (unpaired) electrons. The van der Waals surface area contributed by atoms with Gasteiger partial charge in [0.05, 0.1) is 18.8 Å². The summed E-state index contributed by atoms with van der Waals surface area (Å²) in [5.41, 5.74) is 0. The van der Waals surface area contributed by atoms with E-state index in [0.717, 1.165) is 6.26 Å². The third-order valence-corrected chi connectivity index (χ3v) is 4.05. The summed E-state index contributed by atoms with van der Waals surface area (Å²) >= 11 is 0. The average molecular weight is 297 g/mol. The molecule has 2 atom stereocenters. The number of alkyl halides is 2. The lowest BCUT2D eigenvalue weighted by Crippen LogP contribution is -2.44. The van der Waals surface area contributed by atoms with Crippen molar-refractivity contribution in [3.8, 4) is 0 Å². The zero-order valence-electron chi connectivity index (χ0n) is 10.5. The molecule has 0 aliphatic carbocycles. The summed E-state index contributed by atoms with van der Waals surface area (Å²) < 4.78 is 50.6. The van der Waals surface area contributed by atoms with Gasteiger partial charge in [0.1, 0.15) is 0 Å². The van der Waals surface area contributed by atoms with Gasteiger partial charge in [-0.1, -0.05) is 0 Å². The van der Waals surface area contributed by atoms with E-state index in [4.69, 9.17) is 0 Å². The van der Waals surface area contributed by atoms with Crippen molar-refractivity contribution in [2.45, 2.75) is 30.8 Å². The third kappa shape index (κ3) is 3.83. The number of halogens is 2. The molecule has 2 fully saturated rings. The summed E-state index contributed by atoms with van der Waals surface area (Å²) in [6, 6.07) is -1.20. The molecule has 19 heavy (non-hydrogen) atoms. The Hall–Kier alpha value is -0.800. The number of nitrogens with zero attached hydrogens (tertiary/aromatic N) is 1. The first-order valence-corrected chi connectivity index (χ1v) is 7.93. The van der Waals surface area contributed by atoms with Gasteiger partial charge in [0.2, 0.25) is 15.9 Å². The van der Waals surface area contributed by atoms with Gasteiger partial charge in [0.15, 0.2) is 0 Å². The van der Waals surface area contributed by atoms with Gasteiger partial charge in [-0.3, -0.25) is 10.1 Å². The monoisotopic (exact) mass is 297 g/mol. The van der Waals surface area contributed by atoms with E-state index >= 15 is 0 Å². The standard InChI is InChI=1S/C10H17F2N3O3S/c1-19(17,18)14-7-2-3-15(5-7)9(16)8-4-10(11,12)6-13-8/h7-8,13-14H,2-6H2,1H3. The van der Waals surface area contributed by atoms with Gasteiger partial charge >= 0.3 is 0 Å². The predicted octanol–water partition coefficient (Wildman–Crippen LogP) is -0.866. The summed E-state index contributed by atoms with van der Waals surface area (Å²) in [4.78, 5) is 13.4. The molecule has 0 saturated carbocycles. The fourth-order valence-electron chi connectivity index (χ4n) is 2.47. The lowest BCUT2D eigenvalue weighted by atomic mass is 10.2. The van der Waals surface area contributed by atoms with E-state index in [2.05, 4.69) is 10.0 Å². The van der Waals surface area contributed by atoms with Crippen LogP contribution in [0.15, 0.2) is 0 Å². The first-order valence-electron chi connectivity index (χ1n) is 6.04. The number of amides is 1. The Kier molecular flexibility index (Phi) is 3.80. The highest BCUT2D eigenvalue weighted by atomic mass is 32.2. The fourth-order valence-corrected chi connectivity index (χ4v) is 3.27. The third-order valence-electron chi connectivity index (χ3n) is 3.29. The maximum absolute atomic E-state index is 13.0. The van der Waals surface area contributed by atoms with Crippen LogP contribution in [0, 0.1) is 0 Å². The SMILES string of the molecule is CS(=O)(=O)NC1CCN(C(=O)C2CC(F)(F)CN2)C1. The van der Waals surface area contributed by atoms with E-state index in [1.165, 1.54) is 4.90 Å². The lowest BCUT2D eigenvalue weighted by Gasteiger charge is -2.20. The van der Waals surface area contributed by atoms with Crippen molar-refractivity contribution >= 4 is 15.9 Å². The van der Waals surface area contributed by atoms with Gasteiger partial charge in [-0.2, -0.15) is 0 Å². The molecule has 0 spiro atoms. The second-order valence-electron chi connectivity index (χ2n) is 5.15. The summed E-state index contributed by atoms with van der Waals surface area (Å²) in [7, 11) is -3.32. The average Bonchev–Trinajstić information content (AvgIpc) is 2.81. The lowest BCUT2D eigenvalue weighted by molar-refractivity contribution is -0.132. The summed E-state index contributed by atoms with van der Waals surface area (Å²) in [6.07, 6.45) is 1.06. The van der Waals surface area contributed by atoms with Crippen LogP contribution in [-0.2, 0) is 14.8 Å². The Morgan fingerprint density at radius 3 is 2.68 bits per heavy atom. The number of nitrogens with one attached hydrogen (secondary N) is 2. The highest BCUT2D eigenvalue weighted by Gasteiger charge is 2.44.